The summed E-state index contributed by atoms with van der Waals surface area (Å²) in [6.07, 6.45) is 1.14. The summed E-state index contributed by atoms with van der Waals surface area (Å²) in [5.74, 6) is -0.162. The lowest BCUT2D eigenvalue weighted by molar-refractivity contribution is -0.136. The minimum absolute atomic E-state index is 0.0364. The number of rotatable bonds is 8. The maximum absolute atomic E-state index is 11.3. The van der Waals surface area contributed by atoms with Crippen LogP contribution in [0.25, 0.3) is 0 Å². The second-order valence-electron chi connectivity index (χ2n) is 3.90. The fourth-order valence-electron chi connectivity index (χ4n) is 1.35. The summed E-state index contributed by atoms with van der Waals surface area (Å²) in [6.45, 7) is 0.193. The van der Waals surface area contributed by atoms with Crippen LogP contribution in [-0.4, -0.2) is 29.3 Å². The Hall–Kier alpha value is -1.20. The predicted octanol–water partition coefficient (Wildman–Crippen LogP) is 2.80. The highest BCUT2D eigenvalue weighted by atomic mass is 35.5. The zero-order valence-electron chi connectivity index (χ0n) is 10.4. The monoisotopic (exact) mass is 301 g/mol. The van der Waals surface area contributed by atoms with E-state index in [1.807, 2.05) is 24.3 Å². The van der Waals surface area contributed by atoms with Crippen LogP contribution in [0.4, 0.5) is 0 Å². The van der Waals surface area contributed by atoms with Gasteiger partial charge in [0.25, 0.3) is 0 Å². The highest BCUT2D eigenvalue weighted by Crippen LogP contribution is 2.21. The fraction of sp³-hybridized carbons (Fsp3) is 0.385. The average molecular weight is 302 g/mol. The number of nitrogens with one attached hydrogen (secondary N) is 1. The Balaban J connectivity index is 2.08. The normalized spacial score (nSPS) is 10.2. The summed E-state index contributed by atoms with van der Waals surface area (Å²) in [7, 11) is 0. The van der Waals surface area contributed by atoms with Gasteiger partial charge in [0.05, 0.1) is 6.42 Å². The van der Waals surface area contributed by atoms with Crippen LogP contribution >= 0.6 is 23.4 Å². The van der Waals surface area contributed by atoms with E-state index >= 15 is 0 Å². The van der Waals surface area contributed by atoms with Gasteiger partial charge in [-0.25, -0.2) is 0 Å². The quantitative estimate of drug-likeness (QED) is 0.572. The molecule has 0 spiro atoms. The molecule has 1 rings (SSSR count). The first-order valence-corrected chi connectivity index (χ1v) is 7.31. The van der Waals surface area contributed by atoms with Crippen LogP contribution in [0.1, 0.15) is 19.3 Å². The highest BCUT2D eigenvalue weighted by Gasteiger charge is 2.03. The molecule has 1 amide bonds. The lowest BCUT2D eigenvalue weighted by Crippen LogP contribution is -2.25. The molecule has 0 aliphatic carbocycles. The van der Waals surface area contributed by atoms with Crippen LogP contribution in [0.15, 0.2) is 29.2 Å². The first-order valence-electron chi connectivity index (χ1n) is 5.95. The number of amides is 1. The maximum Gasteiger partial charge on any atom is 0.305 e. The Labute approximate surface area is 121 Å². The molecule has 0 fully saturated rings. The van der Waals surface area contributed by atoms with E-state index in [-0.39, 0.29) is 18.9 Å². The number of thioether (sulfide) groups is 1. The Morgan fingerprint density at radius 1 is 1.21 bits per heavy atom. The van der Waals surface area contributed by atoms with Crippen molar-refractivity contribution in [1.29, 1.82) is 0 Å². The van der Waals surface area contributed by atoms with Crippen molar-refractivity contribution in [2.75, 3.05) is 12.3 Å². The van der Waals surface area contributed by atoms with E-state index in [2.05, 4.69) is 5.32 Å². The molecule has 0 bridgehead atoms. The van der Waals surface area contributed by atoms with E-state index in [1.165, 1.54) is 0 Å². The van der Waals surface area contributed by atoms with Crippen molar-refractivity contribution < 1.29 is 14.7 Å². The molecular formula is C13H16ClNO3S. The smallest absolute Gasteiger partial charge is 0.305 e. The van der Waals surface area contributed by atoms with Gasteiger partial charge in [-0.2, -0.15) is 0 Å². The first kappa shape index (κ1) is 15.9. The van der Waals surface area contributed by atoms with E-state index in [0.29, 0.717) is 11.4 Å². The number of benzene rings is 1. The van der Waals surface area contributed by atoms with Crippen molar-refractivity contribution in [3.63, 3.8) is 0 Å². The first-order chi connectivity index (χ1) is 9.08. The molecule has 0 aromatic heterocycles. The number of carbonyl (C=O) groups excluding carboxylic acids is 1. The van der Waals surface area contributed by atoms with Crippen molar-refractivity contribution in [3.05, 3.63) is 29.3 Å². The SMILES string of the molecule is O=C(O)CCNC(=O)CCCSc1ccc(Cl)cc1. The van der Waals surface area contributed by atoms with Crippen LogP contribution in [0.5, 0.6) is 0 Å². The number of halogens is 1. The Kier molecular flexibility index (Phi) is 7.36. The van der Waals surface area contributed by atoms with Crippen molar-refractivity contribution >= 4 is 35.2 Å². The van der Waals surface area contributed by atoms with Gasteiger partial charge < -0.3 is 10.4 Å². The van der Waals surface area contributed by atoms with Crippen LogP contribution in [0.2, 0.25) is 5.02 Å². The van der Waals surface area contributed by atoms with Gasteiger partial charge in [-0.1, -0.05) is 11.6 Å². The lowest BCUT2D eigenvalue weighted by Gasteiger charge is -2.04. The van der Waals surface area contributed by atoms with Crippen molar-refractivity contribution in [1.82, 2.24) is 5.32 Å². The van der Waals surface area contributed by atoms with Gasteiger partial charge in [0.1, 0.15) is 0 Å². The van der Waals surface area contributed by atoms with Crippen LogP contribution in [0.3, 0.4) is 0 Å². The Morgan fingerprint density at radius 2 is 1.89 bits per heavy atom. The summed E-state index contributed by atoms with van der Waals surface area (Å²) in [5, 5.41) is 11.7. The van der Waals surface area contributed by atoms with Gasteiger partial charge in [0, 0.05) is 22.9 Å². The fourth-order valence-corrected chi connectivity index (χ4v) is 2.33. The van der Waals surface area contributed by atoms with E-state index < -0.39 is 5.97 Å². The van der Waals surface area contributed by atoms with Gasteiger partial charge in [-0.05, 0) is 36.4 Å². The molecular weight excluding hydrogens is 286 g/mol. The van der Waals surface area contributed by atoms with E-state index in [9.17, 15) is 9.59 Å². The van der Waals surface area contributed by atoms with Crippen molar-refractivity contribution in [2.24, 2.45) is 0 Å². The Bertz CT molecular complexity index is 422. The topological polar surface area (TPSA) is 66.4 Å². The molecule has 1 aromatic rings. The number of carboxylic acid groups (broad SMARTS) is 1. The number of hydrogen-bond donors (Lipinski definition) is 2. The molecule has 0 aliphatic rings. The molecule has 0 aliphatic heterocycles. The van der Waals surface area contributed by atoms with Crippen molar-refractivity contribution in [3.8, 4) is 0 Å². The zero-order chi connectivity index (χ0) is 14.1. The standard InChI is InChI=1S/C13H16ClNO3S/c14-10-3-5-11(6-4-10)19-9-1-2-12(16)15-8-7-13(17)18/h3-6H,1-2,7-9H2,(H,15,16)(H,17,18). The second-order valence-corrected chi connectivity index (χ2v) is 5.50. The number of hydrogen-bond acceptors (Lipinski definition) is 3. The third-order valence-corrected chi connectivity index (χ3v) is 3.64. The molecule has 6 heteroatoms. The van der Waals surface area contributed by atoms with Gasteiger partial charge >= 0.3 is 5.97 Å². The van der Waals surface area contributed by atoms with Gasteiger partial charge in [0.15, 0.2) is 0 Å². The summed E-state index contributed by atoms with van der Waals surface area (Å²) in [4.78, 5) is 22.7. The third-order valence-electron chi connectivity index (χ3n) is 2.29. The second kappa shape index (κ2) is 8.82. The summed E-state index contributed by atoms with van der Waals surface area (Å²) in [5.41, 5.74) is 0. The summed E-state index contributed by atoms with van der Waals surface area (Å²) < 4.78 is 0. The average Bonchev–Trinajstić information content (AvgIpc) is 2.36. The maximum atomic E-state index is 11.3. The zero-order valence-corrected chi connectivity index (χ0v) is 12.0. The molecule has 0 saturated heterocycles. The minimum Gasteiger partial charge on any atom is -0.481 e. The lowest BCUT2D eigenvalue weighted by atomic mass is 10.3. The molecule has 2 N–H and O–H groups in total. The molecule has 19 heavy (non-hydrogen) atoms. The van der Waals surface area contributed by atoms with Gasteiger partial charge in [0.2, 0.25) is 5.91 Å². The summed E-state index contributed by atoms with van der Waals surface area (Å²) in [6, 6.07) is 7.56. The molecule has 4 nitrogen and oxygen atoms in total. The van der Waals surface area contributed by atoms with E-state index in [1.54, 1.807) is 11.8 Å². The van der Waals surface area contributed by atoms with Gasteiger partial charge in [-0.3, -0.25) is 9.59 Å². The molecule has 0 saturated carbocycles. The number of aliphatic carboxylic acids is 1. The summed E-state index contributed by atoms with van der Waals surface area (Å²) >= 11 is 7.45. The molecule has 1 aromatic carbocycles. The molecule has 0 radical (unpaired) electrons. The highest BCUT2D eigenvalue weighted by molar-refractivity contribution is 7.99. The largest absolute Gasteiger partial charge is 0.481 e. The van der Waals surface area contributed by atoms with Crippen LogP contribution in [-0.2, 0) is 9.59 Å². The number of carboxylic acids is 1. The predicted molar refractivity (Wildman–Crippen MR) is 76.7 cm³/mol. The Morgan fingerprint density at radius 3 is 2.53 bits per heavy atom. The van der Waals surface area contributed by atoms with E-state index in [4.69, 9.17) is 16.7 Å². The van der Waals surface area contributed by atoms with Crippen LogP contribution in [0, 0.1) is 0 Å². The molecule has 104 valence electrons. The molecule has 0 unspecified atom stereocenters. The van der Waals surface area contributed by atoms with E-state index in [0.717, 1.165) is 17.1 Å². The van der Waals surface area contributed by atoms with Gasteiger partial charge in [-0.15, -0.1) is 11.8 Å². The van der Waals surface area contributed by atoms with Crippen LogP contribution < -0.4 is 5.32 Å². The molecule has 0 heterocycles. The third kappa shape index (κ3) is 7.74. The molecule has 0 atom stereocenters. The number of carbonyl (C=O) groups is 2. The minimum atomic E-state index is -0.904. The van der Waals surface area contributed by atoms with Crippen molar-refractivity contribution in [2.45, 2.75) is 24.2 Å².